The van der Waals surface area contributed by atoms with E-state index >= 15 is 0 Å². The van der Waals surface area contributed by atoms with Gasteiger partial charge >= 0.3 is 5.00 Å². The van der Waals surface area contributed by atoms with Crippen LogP contribution in [0, 0.1) is 10.1 Å². The molecule has 180 valence electrons. The summed E-state index contributed by atoms with van der Waals surface area (Å²) >= 11 is 0.795. The number of hydrogen-bond acceptors (Lipinski definition) is 9. The van der Waals surface area contributed by atoms with Crippen LogP contribution >= 0.6 is 11.3 Å². The molecule has 0 aliphatic heterocycles. The number of fused-ring (bicyclic) bond motifs is 2. The number of rotatable bonds is 7. The molecule has 0 saturated carbocycles. The van der Waals surface area contributed by atoms with Crippen LogP contribution in [0.25, 0.3) is 21.7 Å². The predicted molar refractivity (Wildman–Crippen MR) is 136 cm³/mol. The minimum Gasteiger partial charge on any atom is -0.493 e. The molecular weight excluding hydrogens is 484 g/mol. The maximum atomic E-state index is 12.9. The van der Waals surface area contributed by atoms with E-state index in [9.17, 15) is 14.9 Å². The van der Waals surface area contributed by atoms with Crippen LogP contribution in [0.5, 0.6) is 23.0 Å². The van der Waals surface area contributed by atoms with Crippen molar-refractivity contribution in [3.05, 3.63) is 82.7 Å². The van der Waals surface area contributed by atoms with E-state index in [0.29, 0.717) is 39.5 Å². The summed E-state index contributed by atoms with van der Waals surface area (Å²) in [4.78, 5) is 31.5. The van der Waals surface area contributed by atoms with Gasteiger partial charge in [0.1, 0.15) is 17.7 Å². The van der Waals surface area contributed by atoms with E-state index in [1.165, 1.54) is 0 Å². The number of anilines is 1. The Labute approximate surface area is 208 Å². The Morgan fingerprint density at radius 1 is 0.972 bits per heavy atom. The van der Waals surface area contributed by atoms with Crippen LogP contribution in [-0.2, 0) is 0 Å². The number of pyridine rings is 1. The van der Waals surface area contributed by atoms with E-state index in [1.54, 1.807) is 56.8 Å². The topological polar surface area (TPSA) is 126 Å². The van der Waals surface area contributed by atoms with Gasteiger partial charge in [0.25, 0.3) is 5.91 Å². The summed E-state index contributed by atoms with van der Waals surface area (Å²) in [5.74, 6) is 1.86. The number of amides is 1. The summed E-state index contributed by atoms with van der Waals surface area (Å²) in [7, 11) is 3.13. The zero-order valence-electron chi connectivity index (χ0n) is 19.1. The van der Waals surface area contributed by atoms with E-state index in [0.717, 1.165) is 28.3 Å². The average molecular weight is 503 g/mol. The maximum absolute atomic E-state index is 12.9. The van der Waals surface area contributed by atoms with Gasteiger partial charge in [-0.15, -0.1) is 0 Å². The minimum atomic E-state index is -0.550. The fraction of sp³-hybridized carbons (Fsp3) is 0.0800. The van der Waals surface area contributed by atoms with Crippen LogP contribution in [0.2, 0.25) is 0 Å². The highest BCUT2D eigenvalue weighted by molar-refractivity contribution is 7.18. The van der Waals surface area contributed by atoms with Crippen LogP contribution in [0.15, 0.2) is 67.0 Å². The Morgan fingerprint density at radius 3 is 2.53 bits per heavy atom. The van der Waals surface area contributed by atoms with Gasteiger partial charge in [-0.05, 0) is 58.5 Å². The van der Waals surface area contributed by atoms with Crippen molar-refractivity contribution < 1.29 is 23.9 Å². The quantitative estimate of drug-likeness (QED) is 0.218. The predicted octanol–water partition coefficient (Wildman–Crippen LogP) is 5.81. The number of benzene rings is 3. The van der Waals surface area contributed by atoms with Gasteiger partial charge in [0.2, 0.25) is 0 Å². The van der Waals surface area contributed by atoms with Crippen molar-refractivity contribution in [1.29, 1.82) is 0 Å². The molecule has 5 aromatic rings. The first kappa shape index (κ1) is 23.0. The molecule has 1 amide bonds. The molecule has 0 unspecified atom stereocenters. The highest BCUT2D eigenvalue weighted by Crippen LogP contribution is 2.37. The van der Waals surface area contributed by atoms with E-state index in [-0.39, 0.29) is 10.1 Å². The standard InChI is InChI=1S/C25H18N4O6S/c1-33-21-11-18-19(12-22(21)34-2)26-9-8-20(18)35-15-6-7-16-14(10-15)4-3-5-17(16)24(30)28-25-27-13-23(36-25)29(31)32/h3-13H,1-2H3,(H,27,28,30). The van der Waals surface area contributed by atoms with Crippen molar-refractivity contribution in [3.63, 3.8) is 0 Å². The molecule has 0 bridgehead atoms. The Bertz CT molecular complexity index is 1630. The molecule has 0 fully saturated rings. The number of nitro groups is 1. The van der Waals surface area contributed by atoms with E-state index in [2.05, 4.69) is 15.3 Å². The monoisotopic (exact) mass is 502 g/mol. The summed E-state index contributed by atoms with van der Waals surface area (Å²) in [5.41, 5.74) is 1.09. The Balaban J connectivity index is 1.45. The summed E-state index contributed by atoms with van der Waals surface area (Å²) < 4.78 is 17.0. The first-order chi connectivity index (χ1) is 17.5. The van der Waals surface area contributed by atoms with Crippen molar-refractivity contribution in [2.24, 2.45) is 0 Å². The van der Waals surface area contributed by atoms with Gasteiger partial charge in [0.05, 0.1) is 24.7 Å². The molecule has 1 N–H and O–H groups in total. The summed E-state index contributed by atoms with van der Waals surface area (Å²) in [5, 5.41) is 15.7. The molecule has 3 aromatic carbocycles. The van der Waals surface area contributed by atoms with Gasteiger partial charge < -0.3 is 14.2 Å². The van der Waals surface area contributed by atoms with E-state index in [1.807, 2.05) is 18.2 Å². The largest absolute Gasteiger partial charge is 0.493 e. The zero-order chi connectivity index (χ0) is 25.2. The molecule has 0 spiro atoms. The average Bonchev–Trinajstić information content (AvgIpc) is 3.36. The molecule has 0 atom stereocenters. The van der Waals surface area contributed by atoms with Crippen molar-refractivity contribution in [3.8, 4) is 23.0 Å². The molecule has 0 radical (unpaired) electrons. The number of nitrogens with zero attached hydrogens (tertiary/aromatic N) is 3. The molecule has 2 heterocycles. The lowest BCUT2D eigenvalue weighted by atomic mass is 10.0. The van der Waals surface area contributed by atoms with Crippen LogP contribution < -0.4 is 19.5 Å². The molecular formula is C25H18N4O6S. The number of aromatic nitrogens is 2. The molecule has 0 saturated heterocycles. The van der Waals surface area contributed by atoms with Gasteiger partial charge in [0, 0.05) is 23.2 Å². The van der Waals surface area contributed by atoms with Crippen molar-refractivity contribution in [2.75, 3.05) is 19.5 Å². The second kappa shape index (κ2) is 9.47. The number of thiazole rings is 1. The number of nitrogens with one attached hydrogen (secondary N) is 1. The highest BCUT2D eigenvalue weighted by atomic mass is 32.1. The first-order valence-electron chi connectivity index (χ1n) is 10.6. The number of methoxy groups -OCH3 is 2. The second-order valence-electron chi connectivity index (χ2n) is 7.54. The van der Waals surface area contributed by atoms with Gasteiger partial charge in [-0.25, -0.2) is 4.98 Å². The third-order valence-corrected chi connectivity index (χ3v) is 6.29. The molecule has 10 nitrogen and oxygen atoms in total. The van der Waals surface area contributed by atoms with Gasteiger partial charge in [-0.2, -0.15) is 0 Å². The number of carbonyl (C=O) groups is 1. The lowest BCUT2D eigenvalue weighted by Crippen LogP contribution is -2.12. The fourth-order valence-corrected chi connectivity index (χ4v) is 4.39. The smallest absolute Gasteiger partial charge is 0.345 e. The van der Waals surface area contributed by atoms with Crippen LogP contribution in [-0.4, -0.2) is 35.0 Å². The SMILES string of the molecule is COc1cc2nccc(Oc3ccc4c(C(=O)Nc5ncc([N+](=O)[O-])s5)cccc4c3)c2cc1OC. The van der Waals surface area contributed by atoms with E-state index < -0.39 is 10.8 Å². The van der Waals surface area contributed by atoms with Gasteiger partial charge in [-0.1, -0.05) is 12.1 Å². The van der Waals surface area contributed by atoms with Crippen LogP contribution in [0.1, 0.15) is 10.4 Å². The number of hydrogen-bond donors (Lipinski definition) is 1. The number of carbonyl (C=O) groups excluding carboxylic acids is 1. The Hall–Kier alpha value is -4.77. The van der Waals surface area contributed by atoms with E-state index in [4.69, 9.17) is 14.2 Å². The Kier molecular flexibility index (Phi) is 6.05. The maximum Gasteiger partial charge on any atom is 0.345 e. The van der Waals surface area contributed by atoms with Crippen molar-refractivity contribution in [2.45, 2.75) is 0 Å². The van der Waals surface area contributed by atoms with Gasteiger partial charge in [0.15, 0.2) is 16.6 Å². The Morgan fingerprint density at radius 2 is 1.78 bits per heavy atom. The molecule has 11 heteroatoms. The third kappa shape index (κ3) is 4.34. The second-order valence-corrected chi connectivity index (χ2v) is 8.55. The normalized spacial score (nSPS) is 10.8. The molecule has 5 rings (SSSR count). The first-order valence-corrected chi connectivity index (χ1v) is 11.4. The fourth-order valence-electron chi connectivity index (χ4n) is 3.76. The van der Waals surface area contributed by atoms with Crippen LogP contribution in [0.3, 0.4) is 0 Å². The van der Waals surface area contributed by atoms with Crippen molar-refractivity contribution >= 4 is 49.1 Å². The lowest BCUT2D eigenvalue weighted by Gasteiger charge is -2.13. The molecule has 36 heavy (non-hydrogen) atoms. The highest BCUT2D eigenvalue weighted by Gasteiger charge is 2.17. The number of ether oxygens (including phenoxy) is 3. The molecule has 2 aromatic heterocycles. The van der Waals surface area contributed by atoms with Gasteiger partial charge in [-0.3, -0.25) is 25.2 Å². The summed E-state index contributed by atoms with van der Waals surface area (Å²) in [6, 6.07) is 16.0. The molecule has 0 aliphatic carbocycles. The summed E-state index contributed by atoms with van der Waals surface area (Å²) in [6.45, 7) is 0. The minimum absolute atomic E-state index is 0.148. The zero-order valence-corrected chi connectivity index (χ0v) is 19.9. The molecule has 0 aliphatic rings. The summed E-state index contributed by atoms with van der Waals surface area (Å²) in [6.07, 6.45) is 2.76. The lowest BCUT2D eigenvalue weighted by molar-refractivity contribution is -0.380. The van der Waals surface area contributed by atoms with Crippen LogP contribution in [0.4, 0.5) is 10.1 Å². The third-order valence-electron chi connectivity index (χ3n) is 5.43. The van der Waals surface area contributed by atoms with Crippen molar-refractivity contribution in [1.82, 2.24) is 9.97 Å².